The predicted octanol–water partition coefficient (Wildman–Crippen LogP) is 4.58. The van der Waals surface area contributed by atoms with Crippen LogP contribution < -0.4 is 10.4 Å². The van der Waals surface area contributed by atoms with Gasteiger partial charge in [-0.05, 0) is 73.2 Å². The van der Waals surface area contributed by atoms with Crippen molar-refractivity contribution in [1.29, 1.82) is 0 Å². The largest absolute Gasteiger partial charge is 0.497 e. The van der Waals surface area contributed by atoms with E-state index >= 15 is 0 Å². The van der Waals surface area contributed by atoms with Gasteiger partial charge in [-0.1, -0.05) is 12.1 Å². The van der Waals surface area contributed by atoms with Gasteiger partial charge in [0.05, 0.1) is 7.11 Å². The van der Waals surface area contributed by atoms with Crippen molar-refractivity contribution in [2.75, 3.05) is 7.11 Å². The molecule has 1 aromatic heterocycles. The van der Waals surface area contributed by atoms with Gasteiger partial charge in [0.2, 0.25) is 0 Å². The Kier molecular flexibility index (Phi) is 4.75. The molecule has 27 heavy (non-hydrogen) atoms. The summed E-state index contributed by atoms with van der Waals surface area (Å²) in [5.74, 6) is 0.870. The third-order valence-electron chi connectivity index (χ3n) is 5.43. The lowest BCUT2D eigenvalue weighted by Crippen LogP contribution is -2.25. The monoisotopic (exact) mass is 363 g/mol. The summed E-state index contributed by atoms with van der Waals surface area (Å²) in [7, 11) is 1.68. The third kappa shape index (κ3) is 3.91. The van der Waals surface area contributed by atoms with Crippen molar-refractivity contribution < 1.29 is 9.15 Å². The van der Waals surface area contributed by atoms with Gasteiger partial charge in [0.15, 0.2) is 0 Å². The second kappa shape index (κ2) is 7.20. The fourth-order valence-corrected chi connectivity index (χ4v) is 3.55. The topological polar surface area (TPSA) is 42.7 Å². The van der Waals surface area contributed by atoms with Gasteiger partial charge >= 0.3 is 5.63 Å². The Balaban J connectivity index is 1.65. The van der Waals surface area contributed by atoms with Gasteiger partial charge in [-0.15, -0.1) is 0 Å². The Labute approximate surface area is 159 Å². The van der Waals surface area contributed by atoms with Crippen LogP contribution >= 0.6 is 0 Å². The number of fused-ring (bicyclic) bond motifs is 1. The fraction of sp³-hybridized carbons (Fsp3) is 0.348. The highest BCUT2D eigenvalue weighted by atomic mass is 16.5. The fourth-order valence-electron chi connectivity index (χ4n) is 3.55. The molecular formula is C23H25NO3. The van der Waals surface area contributed by atoms with Crippen molar-refractivity contribution in [2.24, 2.45) is 0 Å². The van der Waals surface area contributed by atoms with Crippen molar-refractivity contribution in [1.82, 2.24) is 4.90 Å². The average Bonchev–Trinajstić information content (AvgIpc) is 3.48. The molecular weight excluding hydrogens is 338 g/mol. The van der Waals surface area contributed by atoms with Crippen LogP contribution in [0.2, 0.25) is 0 Å². The molecule has 0 aliphatic heterocycles. The first kappa shape index (κ1) is 17.8. The van der Waals surface area contributed by atoms with Crippen molar-refractivity contribution >= 4 is 11.0 Å². The predicted molar refractivity (Wildman–Crippen MR) is 107 cm³/mol. The number of ether oxygens (including phenoxy) is 1. The molecule has 4 nitrogen and oxygen atoms in total. The van der Waals surface area contributed by atoms with Crippen molar-refractivity contribution in [2.45, 2.75) is 45.8 Å². The average molecular weight is 363 g/mol. The molecule has 1 aliphatic carbocycles. The Bertz CT molecular complexity index is 1020. The quantitative estimate of drug-likeness (QED) is 0.601. The molecule has 0 saturated heterocycles. The zero-order valence-electron chi connectivity index (χ0n) is 16.1. The number of nitrogens with zero attached hydrogens (tertiary/aromatic N) is 1. The molecule has 0 spiro atoms. The molecule has 1 saturated carbocycles. The second-order valence-electron chi connectivity index (χ2n) is 7.51. The first-order chi connectivity index (χ1) is 13.0. The van der Waals surface area contributed by atoms with E-state index in [0.717, 1.165) is 35.4 Å². The molecule has 1 fully saturated rings. The first-order valence-corrected chi connectivity index (χ1v) is 9.44. The molecule has 3 aromatic rings. The molecule has 0 radical (unpaired) electrons. The summed E-state index contributed by atoms with van der Waals surface area (Å²) in [6.45, 7) is 5.75. The van der Waals surface area contributed by atoms with Gasteiger partial charge in [0.25, 0.3) is 0 Å². The van der Waals surface area contributed by atoms with E-state index in [1.165, 1.54) is 24.0 Å². The van der Waals surface area contributed by atoms with Crippen LogP contribution in [0.1, 0.15) is 35.1 Å². The van der Waals surface area contributed by atoms with Gasteiger partial charge in [-0.3, -0.25) is 4.90 Å². The van der Waals surface area contributed by atoms with Crippen LogP contribution in [0, 0.1) is 13.8 Å². The van der Waals surface area contributed by atoms with Crippen molar-refractivity contribution in [3.05, 3.63) is 75.1 Å². The first-order valence-electron chi connectivity index (χ1n) is 9.44. The SMILES string of the molecule is COc1ccc(CN(Cc2cc(=O)oc3cc(C)c(C)cc23)C2CC2)cc1. The maximum atomic E-state index is 12.1. The van der Waals surface area contributed by atoms with E-state index < -0.39 is 0 Å². The molecule has 1 aliphatic rings. The summed E-state index contributed by atoms with van der Waals surface area (Å²) >= 11 is 0. The van der Waals surface area contributed by atoms with Gasteiger partial charge in [0.1, 0.15) is 11.3 Å². The lowest BCUT2D eigenvalue weighted by atomic mass is 10.0. The van der Waals surface area contributed by atoms with Crippen LogP contribution in [-0.2, 0) is 13.1 Å². The molecule has 4 rings (SSSR count). The van der Waals surface area contributed by atoms with Crippen molar-refractivity contribution in [3.8, 4) is 5.75 Å². The second-order valence-corrected chi connectivity index (χ2v) is 7.51. The van der Waals surface area contributed by atoms with Gasteiger partial charge in [-0.2, -0.15) is 0 Å². The molecule has 140 valence electrons. The standard InChI is InChI=1S/C23H25NO3/c1-15-10-21-18(12-23(25)27-22(21)11-16(15)2)14-24(19-6-7-19)13-17-4-8-20(26-3)9-5-17/h4-5,8-12,19H,6-7,13-14H2,1-3H3. The van der Waals surface area contributed by atoms with E-state index in [1.54, 1.807) is 13.2 Å². The summed E-state index contributed by atoms with van der Waals surface area (Å²) in [5, 5.41) is 1.04. The molecule has 0 atom stereocenters. The smallest absolute Gasteiger partial charge is 0.336 e. The normalized spacial score (nSPS) is 14.1. The third-order valence-corrected chi connectivity index (χ3v) is 5.43. The number of rotatable bonds is 6. The summed E-state index contributed by atoms with van der Waals surface area (Å²) in [6.07, 6.45) is 2.43. The molecule has 1 heterocycles. The minimum atomic E-state index is -0.277. The molecule has 0 amide bonds. The molecule has 0 unspecified atom stereocenters. The van der Waals surface area contributed by atoms with Crippen LogP contribution in [0.15, 0.2) is 51.7 Å². The number of benzene rings is 2. The van der Waals surface area contributed by atoms with E-state index in [1.807, 2.05) is 25.1 Å². The number of hydrogen-bond donors (Lipinski definition) is 0. The Morgan fingerprint density at radius 3 is 2.41 bits per heavy atom. The Morgan fingerprint density at radius 1 is 1.04 bits per heavy atom. The number of methoxy groups -OCH3 is 1. The van der Waals surface area contributed by atoms with Gasteiger partial charge in [-0.25, -0.2) is 4.79 Å². The van der Waals surface area contributed by atoms with Crippen LogP contribution in [-0.4, -0.2) is 18.1 Å². The molecule has 2 aromatic carbocycles. The molecule has 4 heteroatoms. The van der Waals surface area contributed by atoms with Crippen LogP contribution in [0.25, 0.3) is 11.0 Å². The minimum absolute atomic E-state index is 0.277. The lowest BCUT2D eigenvalue weighted by molar-refractivity contribution is 0.246. The highest BCUT2D eigenvalue weighted by Gasteiger charge is 2.29. The summed E-state index contributed by atoms with van der Waals surface area (Å²) in [6, 6.07) is 14.6. The maximum absolute atomic E-state index is 12.1. The number of hydrogen-bond acceptors (Lipinski definition) is 4. The highest BCUT2D eigenvalue weighted by molar-refractivity contribution is 5.81. The lowest BCUT2D eigenvalue weighted by Gasteiger charge is -2.23. The summed E-state index contributed by atoms with van der Waals surface area (Å²) < 4.78 is 10.7. The molecule has 0 bridgehead atoms. The Morgan fingerprint density at radius 2 is 1.74 bits per heavy atom. The maximum Gasteiger partial charge on any atom is 0.336 e. The highest BCUT2D eigenvalue weighted by Crippen LogP contribution is 2.31. The van der Waals surface area contributed by atoms with Crippen LogP contribution in [0.4, 0.5) is 0 Å². The van der Waals surface area contributed by atoms with Gasteiger partial charge in [0, 0.05) is 30.6 Å². The Hall–Kier alpha value is -2.59. The number of aryl methyl sites for hydroxylation is 2. The van der Waals surface area contributed by atoms with E-state index in [9.17, 15) is 4.79 Å². The van der Waals surface area contributed by atoms with E-state index in [4.69, 9.17) is 9.15 Å². The summed E-state index contributed by atoms with van der Waals surface area (Å²) in [4.78, 5) is 14.6. The van der Waals surface area contributed by atoms with E-state index in [2.05, 4.69) is 30.0 Å². The minimum Gasteiger partial charge on any atom is -0.497 e. The zero-order valence-corrected chi connectivity index (χ0v) is 16.1. The van der Waals surface area contributed by atoms with Crippen LogP contribution in [0.5, 0.6) is 5.75 Å². The molecule has 0 N–H and O–H groups in total. The summed E-state index contributed by atoms with van der Waals surface area (Å²) in [5.41, 5.74) is 5.05. The van der Waals surface area contributed by atoms with Crippen molar-refractivity contribution in [3.63, 3.8) is 0 Å². The van der Waals surface area contributed by atoms with E-state index in [0.29, 0.717) is 11.6 Å². The zero-order chi connectivity index (χ0) is 19.0. The van der Waals surface area contributed by atoms with E-state index in [-0.39, 0.29) is 5.63 Å². The van der Waals surface area contributed by atoms with Gasteiger partial charge < -0.3 is 9.15 Å². The van der Waals surface area contributed by atoms with Crippen LogP contribution in [0.3, 0.4) is 0 Å².